The molecule has 0 spiro atoms. The summed E-state index contributed by atoms with van der Waals surface area (Å²) in [5, 5.41) is 0.790. The summed E-state index contributed by atoms with van der Waals surface area (Å²) in [6.45, 7) is 1.90. The predicted molar refractivity (Wildman–Crippen MR) is 62.8 cm³/mol. The number of aromatic nitrogens is 2. The summed E-state index contributed by atoms with van der Waals surface area (Å²) in [7, 11) is 0. The van der Waals surface area contributed by atoms with Gasteiger partial charge in [0.1, 0.15) is 17.2 Å². The third kappa shape index (κ3) is 1.27. The van der Waals surface area contributed by atoms with Crippen molar-refractivity contribution in [3.8, 4) is 0 Å². The van der Waals surface area contributed by atoms with Gasteiger partial charge in [-0.15, -0.1) is 0 Å². The lowest BCUT2D eigenvalue weighted by Crippen LogP contribution is -1.97. The average molecular weight is 228 g/mol. The number of hydrogen-bond donors (Lipinski definition) is 0. The van der Waals surface area contributed by atoms with Crippen LogP contribution < -0.4 is 0 Å². The Labute approximate surface area is 96.5 Å². The Morgan fingerprint density at radius 3 is 3.00 bits per heavy atom. The molecule has 0 N–H and O–H groups in total. The number of para-hydroxylation sites is 1. The first-order valence-corrected chi connectivity index (χ1v) is 5.23. The van der Waals surface area contributed by atoms with Crippen LogP contribution in [-0.4, -0.2) is 15.7 Å². The molecule has 0 bridgehead atoms. The second-order valence-corrected chi connectivity index (χ2v) is 3.96. The van der Waals surface area contributed by atoms with Gasteiger partial charge in [-0.2, -0.15) is 0 Å². The molecule has 0 aliphatic carbocycles. The Bertz CT molecular complexity index is 746. The van der Waals surface area contributed by atoms with E-state index in [4.69, 9.17) is 0 Å². The summed E-state index contributed by atoms with van der Waals surface area (Å²) in [5.41, 5.74) is 2.29. The van der Waals surface area contributed by atoms with Crippen LogP contribution in [0.3, 0.4) is 0 Å². The van der Waals surface area contributed by atoms with Gasteiger partial charge >= 0.3 is 0 Å². The lowest BCUT2D eigenvalue weighted by Gasteiger charge is -2.07. The highest BCUT2D eigenvalue weighted by molar-refractivity contribution is 5.88. The van der Waals surface area contributed by atoms with E-state index in [1.54, 1.807) is 10.5 Å². The van der Waals surface area contributed by atoms with Gasteiger partial charge in [-0.3, -0.25) is 9.20 Å². The van der Waals surface area contributed by atoms with Crippen LogP contribution in [0.2, 0.25) is 0 Å². The Morgan fingerprint density at radius 1 is 1.41 bits per heavy atom. The molecule has 0 amide bonds. The number of aryl methyl sites for hydroxylation is 1. The molecule has 0 aliphatic heterocycles. The SMILES string of the molecule is Cc1cc2ncc(C=O)n2c2c(F)cccc12. The molecule has 2 heterocycles. The van der Waals surface area contributed by atoms with Crippen molar-refractivity contribution in [1.29, 1.82) is 0 Å². The topological polar surface area (TPSA) is 34.4 Å². The first-order valence-electron chi connectivity index (χ1n) is 5.23. The smallest absolute Gasteiger partial charge is 0.168 e. The van der Waals surface area contributed by atoms with Crippen LogP contribution in [0.4, 0.5) is 4.39 Å². The van der Waals surface area contributed by atoms with Crippen molar-refractivity contribution in [2.45, 2.75) is 6.92 Å². The van der Waals surface area contributed by atoms with E-state index >= 15 is 0 Å². The lowest BCUT2D eigenvalue weighted by molar-refractivity contribution is 0.111. The van der Waals surface area contributed by atoms with Gasteiger partial charge in [0.15, 0.2) is 6.29 Å². The number of imidazole rings is 1. The number of benzene rings is 1. The van der Waals surface area contributed by atoms with Crippen LogP contribution >= 0.6 is 0 Å². The van der Waals surface area contributed by atoms with Crippen molar-refractivity contribution in [1.82, 2.24) is 9.38 Å². The summed E-state index contributed by atoms with van der Waals surface area (Å²) in [6, 6.07) is 6.72. The molecular weight excluding hydrogens is 219 g/mol. The molecule has 0 saturated carbocycles. The maximum absolute atomic E-state index is 13.9. The summed E-state index contributed by atoms with van der Waals surface area (Å²) >= 11 is 0. The maximum Gasteiger partial charge on any atom is 0.168 e. The summed E-state index contributed by atoms with van der Waals surface area (Å²) in [4.78, 5) is 15.0. The minimum Gasteiger partial charge on any atom is -0.296 e. The molecule has 0 radical (unpaired) electrons. The van der Waals surface area contributed by atoms with Crippen LogP contribution in [0, 0.1) is 12.7 Å². The molecule has 1 aromatic carbocycles. The predicted octanol–water partition coefficient (Wildman–Crippen LogP) is 2.75. The van der Waals surface area contributed by atoms with E-state index in [1.165, 1.54) is 12.3 Å². The molecule has 3 rings (SSSR count). The van der Waals surface area contributed by atoms with Crippen molar-refractivity contribution in [3.05, 3.63) is 47.5 Å². The van der Waals surface area contributed by atoms with Gasteiger partial charge in [-0.1, -0.05) is 12.1 Å². The van der Waals surface area contributed by atoms with E-state index in [9.17, 15) is 9.18 Å². The molecule has 17 heavy (non-hydrogen) atoms. The van der Waals surface area contributed by atoms with Crippen molar-refractivity contribution >= 4 is 22.8 Å². The van der Waals surface area contributed by atoms with Gasteiger partial charge in [0, 0.05) is 5.39 Å². The molecule has 3 nitrogen and oxygen atoms in total. The molecule has 3 aromatic rings. The van der Waals surface area contributed by atoms with Crippen molar-refractivity contribution in [2.24, 2.45) is 0 Å². The number of pyridine rings is 1. The molecule has 0 unspecified atom stereocenters. The van der Waals surface area contributed by atoms with E-state index in [1.807, 2.05) is 19.1 Å². The molecule has 4 heteroatoms. The van der Waals surface area contributed by atoms with E-state index in [-0.39, 0.29) is 5.82 Å². The zero-order chi connectivity index (χ0) is 12.0. The number of halogens is 1. The minimum absolute atomic E-state index is 0.350. The lowest BCUT2D eigenvalue weighted by atomic mass is 10.1. The molecule has 0 atom stereocenters. The number of carbonyl (C=O) groups excluding carboxylic acids is 1. The van der Waals surface area contributed by atoms with Gasteiger partial charge in [-0.25, -0.2) is 9.37 Å². The van der Waals surface area contributed by atoms with Gasteiger partial charge in [0.2, 0.25) is 0 Å². The van der Waals surface area contributed by atoms with Crippen molar-refractivity contribution in [2.75, 3.05) is 0 Å². The fourth-order valence-electron chi connectivity index (χ4n) is 2.14. The second kappa shape index (κ2) is 3.38. The van der Waals surface area contributed by atoms with Gasteiger partial charge < -0.3 is 0 Å². The zero-order valence-electron chi connectivity index (χ0n) is 9.14. The number of fused-ring (bicyclic) bond motifs is 3. The molecule has 0 saturated heterocycles. The molecule has 2 aromatic heterocycles. The van der Waals surface area contributed by atoms with Crippen molar-refractivity contribution in [3.63, 3.8) is 0 Å². The Hall–Kier alpha value is -2.23. The number of aldehydes is 1. The fourth-order valence-corrected chi connectivity index (χ4v) is 2.14. The summed E-state index contributed by atoms with van der Waals surface area (Å²) in [6.07, 6.45) is 2.13. The Morgan fingerprint density at radius 2 is 2.24 bits per heavy atom. The fraction of sp³-hybridized carbons (Fsp3) is 0.0769. The maximum atomic E-state index is 13.9. The third-order valence-corrected chi connectivity index (χ3v) is 2.92. The van der Waals surface area contributed by atoms with Crippen molar-refractivity contribution < 1.29 is 9.18 Å². The normalized spacial score (nSPS) is 11.2. The van der Waals surface area contributed by atoms with Crippen LogP contribution in [0.15, 0.2) is 30.5 Å². The number of nitrogens with zero attached hydrogens (tertiary/aromatic N) is 2. The van der Waals surface area contributed by atoms with E-state index in [0.29, 0.717) is 23.1 Å². The Balaban J connectivity index is 2.68. The third-order valence-electron chi connectivity index (χ3n) is 2.92. The molecule has 0 fully saturated rings. The summed E-state index contributed by atoms with van der Waals surface area (Å²) in [5.74, 6) is -0.350. The zero-order valence-corrected chi connectivity index (χ0v) is 9.14. The van der Waals surface area contributed by atoms with E-state index in [0.717, 1.165) is 10.9 Å². The van der Waals surface area contributed by atoms with E-state index < -0.39 is 0 Å². The van der Waals surface area contributed by atoms with Crippen LogP contribution in [0.25, 0.3) is 16.6 Å². The van der Waals surface area contributed by atoms with Crippen LogP contribution in [-0.2, 0) is 0 Å². The number of rotatable bonds is 1. The summed E-state index contributed by atoms with van der Waals surface area (Å²) < 4.78 is 15.5. The number of carbonyl (C=O) groups is 1. The average Bonchev–Trinajstić information content (AvgIpc) is 2.72. The highest BCUT2D eigenvalue weighted by Crippen LogP contribution is 2.24. The largest absolute Gasteiger partial charge is 0.296 e. The minimum atomic E-state index is -0.350. The first-order chi connectivity index (χ1) is 8.22. The standard InChI is InChI=1S/C13H9FN2O/c1-8-5-12-15-6-9(7-17)16(12)13-10(8)3-2-4-11(13)14/h2-7H,1H3. The van der Waals surface area contributed by atoms with Gasteiger partial charge in [-0.05, 0) is 24.6 Å². The van der Waals surface area contributed by atoms with Crippen LogP contribution in [0.1, 0.15) is 16.1 Å². The Kier molecular flexibility index (Phi) is 1.98. The first kappa shape index (κ1) is 9.96. The molecule has 0 aliphatic rings. The highest BCUT2D eigenvalue weighted by Gasteiger charge is 2.11. The highest BCUT2D eigenvalue weighted by atomic mass is 19.1. The van der Waals surface area contributed by atoms with Crippen LogP contribution in [0.5, 0.6) is 0 Å². The molecular formula is C13H9FN2O. The van der Waals surface area contributed by atoms with Gasteiger partial charge in [0.25, 0.3) is 0 Å². The monoisotopic (exact) mass is 228 g/mol. The molecule has 84 valence electrons. The van der Waals surface area contributed by atoms with E-state index in [2.05, 4.69) is 4.98 Å². The quantitative estimate of drug-likeness (QED) is 0.600. The number of hydrogen-bond acceptors (Lipinski definition) is 2. The van der Waals surface area contributed by atoms with Gasteiger partial charge in [0.05, 0.1) is 11.7 Å². The second-order valence-electron chi connectivity index (χ2n) is 3.96.